The van der Waals surface area contributed by atoms with Gasteiger partial charge in [-0.15, -0.1) is 0 Å². The first-order valence-electron chi connectivity index (χ1n) is 5.68. The Morgan fingerprint density at radius 1 is 1.28 bits per heavy atom. The zero-order chi connectivity index (χ0) is 13.0. The highest BCUT2D eigenvalue weighted by Gasteiger charge is 2.13. The summed E-state index contributed by atoms with van der Waals surface area (Å²) in [7, 11) is 1.72. The smallest absolute Gasteiger partial charge is 0.231 e. The predicted molar refractivity (Wildman–Crippen MR) is 72.2 cm³/mol. The summed E-state index contributed by atoms with van der Waals surface area (Å²) in [6, 6.07) is 11.4. The fraction of sp³-hybridized carbons (Fsp3) is 0.143. The van der Waals surface area contributed by atoms with Crippen LogP contribution in [0.5, 0.6) is 0 Å². The molecule has 0 unspecified atom stereocenters. The summed E-state index contributed by atoms with van der Waals surface area (Å²) >= 11 is 0. The maximum Gasteiger partial charge on any atom is 0.231 e. The number of nitrogens with zero attached hydrogens (tertiary/aromatic N) is 2. The Hall–Kier alpha value is -2.36. The minimum atomic E-state index is -0.000833. The van der Waals surface area contributed by atoms with Gasteiger partial charge in [-0.2, -0.15) is 0 Å². The Morgan fingerprint density at radius 2 is 2.00 bits per heavy atom. The standard InChI is InChI=1S/C14H15N3O/c1-17(13-7-8-16-10-12(13)15)14(18)9-11-5-3-2-4-6-11/h2-8,10H,9,15H2,1H3. The van der Waals surface area contributed by atoms with Gasteiger partial charge in [-0.1, -0.05) is 30.3 Å². The third-order valence-electron chi connectivity index (χ3n) is 2.76. The summed E-state index contributed by atoms with van der Waals surface area (Å²) in [5.74, 6) is -0.000833. The van der Waals surface area contributed by atoms with E-state index in [1.807, 2.05) is 30.3 Å². The Balaban J connectivity index is 2.13. The second-order valence-electron chi connectivity index (χ2n) is 4.05. The number of carbonyl (C=O) groups excluding carboxylic acids is 1. The van der Waals surface area contributed by atoms with Gasteiger partial charge >= 0.3 is 0 Å². The minimum absolute atomic E-state index is 0.000833. The topological polar surface area (TPSA) is 59.2 Å². The van der Waals surface area contributed by atoms with E-state index >= 15 is 0 Å². The van der Waals surface area contributed by atoms with Gasteiger partial charge < -0.3 is 10.6 Å². The van der Waals surface area contributed by atoms with Crippen molar-refractivity contribution >= 4 is 17.3 Å². The molecule has 2 rings (SSSR count). The third kappa shape index (κ3) is 2.66. The van der Waals surface area contributed by atoms with Crippen LogP contribution in [-0.2, 0) is 11.2 Å². The van der Waals surface area contributed by atoms with Gasteiger partial charge in [0.2, 0.25) is 5.91 Å². The van der Waals surface area contributed by atoms with Crippen LogP contribution < -0.4 is 10.6 Å². The number of anilines is 2. The molecule has 18 heavy (non-hydrogen) atoms. The molecule has 92 valence electrons. The molecule has 2 N–H and O–H groups in total. The predicted octanol–water partition coefficient (Wildman–Crippen LogP) is 1.87. The first-order valence-corrected chi connectivity index (χ1v) is 5.68. The third-order valence-corrected chi connectivity index (χ3v) is 2.76. The molecule has 0 saturated carbocycles. The van der Waals surface area contributed by atoms with Crippen LogP contribution in [0.1, 0.15) is 5.56 Å². The molecule has 0 radical (unpaired) electrons. The van der Waals surface area contributed by atoms with Gasteiger partial charge in [-0.05, 0) is 11.6 Å². The lowest BCUT2D eigenvalue weighted by molar-refractivity contribution is -0.117. The van der Waals surface area contributed by atoms with Crippen molar-refractivity contribution in [2.24, 2.45) is 0 Å². The van der Waals surface area contributed by atoms with Crippen molar-refractivity contribution in [3.63, 3.8) is 0 Å². The molecule has 0 atom stereocenters. The van der Waals surface area contributed by atoms with Crippen molar-refractivity contribution in [2.45, 2.75) is 6.42 Å². The Morgan fingerprint density at radius 3 is 2.67 bits per heavy atom. The van der Waals surface area contributed by atoms with E-state index in [1.165, 1.54) is 0 Å². The molecular weight excluding hydrogens is 226 g/mol. The van der Waals surface area contributed by atoms with E-state index in [0.717, 1.165) is 5.56 Å². The summed E-state index contributed by atoms with van der Waals surface area (Å²) in [6.07, 6.45) is 3.53. The van der Waals surface area contributed by atoms with Gasteiger partial charge in [-0.3, -0.25) is 9.78 Å². The van der Waals surface area contributed by atoms with Gasteiger partial charge in [0.1, 0.15) is 0 Å². The average molecular weight is 241 g/mol. The van der Waals surface area contributed by atoms with Crippen molar-refractivity contribution in [3.05, 3.63) is 54.4 Å². The molecule has 4 nitrogen and oxygen atoms in total. The van der Waals surface area contributed by atoms with Crippen LogP contribution in [0.3, 0.4) is 0 Å². The number of nitrogen functional groups attached to an aromatic ring is 1. The number of pyridine rings is 1. The SMILES string of the molecule is CN(C(=O)Cc1ccccc1)c1ccncc1N. The molecule has 0 fully saturated rings. The average Bonchev–Trinajstić information content (AvgIpc) is 2.39. The summed E-state index contributed by atoms with van der Waals surface area (Å²) in [6.45, 7) is 0. The van der Waals surface area contributed by atoms with E-state index in [1.54, 1.807) is 30.4 Å². The first kappa shape index (κ1) is 12.1. The number of nitrogens with two attached hydrogens (primary N) is 1. The van der Waals surface area contributed by atoms with Gasteiger partial charge in [0, 0.05) is 13.2 Å². The lowest BCUT2D eigenvalue weighted by Gasteiger charge is -2.18. The maximum atomic E-state index is 12.1. The molecule has 4 heteroatoms. The van der Waals surface area contributed by atoms with Crippen molar-refractivity contribution < 1.29 is 4.79 Å². The fourth-order valence-electron chi connectivity index (χ4n) is 1.73. The van der Waals surface area contributed by atoms with Gasteiger partial charge in [-0.25, -0.2) is 0 Å². The number of amides is 1. The maximum absolute atomic E-state index is 12.1. The Labute approximate surface area is 106 Å². The zero-order valence-electron chi connectivity index (χ0n) is 10.2. The Bertz CT molecular complexity index is 540. The molecule has 1 aromatic carbocycles. The lowest BCUT2D eigenvalue weighted by atomic mass is 10.1. The number of aromatic nitrogens is 1. The van der Waals surface area contributed by atoms with Gasteiger partial charge in [0.15, 0.2) is 0 Å². The molecule has 0 saturated heterocycles. The molecule has 0 aliphatic heterocycles. The summed E-state index contributed by atoms with van der Waals surface area (Å²) < 4.78 is 0. The van der Waals surface area contributed by atoms with Crippen molar-refractivity contribution in [3.8, 4) is 0 Å². The fourth-order valence-corrected chi connectivity index (χ4v) is 1.73. The van der Waals surface area contributed by atoms with Crippen LogP contribution in [0.15, 0.2) is 48.8 Å². The van der Waals surface area contributed by atoms with Gasteiger partial charge in [0.25, 0.3) is 0 Å². The summed E-state index contributed by atoms with van der Waals surface area (Å²) in [5, 5.41) is 0. The molecule has 0 spiro atoms. The highest BCUT2D eigenvalue weighted by Crippen LogP contribution is 2.20. The normalized spacial score (nSPS) is 10.1. The van der Waals surface area contributed by atoms with Crippen LogP contribution in [0.2, 0.25) is 0 Å². The summed E-state index contributed by atoms with van der Waals surface area (Å²) in [4.78, 5) is 17.6. The monoisotopic (exact) mass is 241 g/mol. The molecule has 2 aromatic rings. The number of hydrogen-bond acceptors (Lipinski definition) is 3. The number of rotatable bonds is 3. The van der Waals surface area contributed by atoms with E-state index < -0.39 is 0 Å². The van der Waals surface area contributed by atoms with Crippen molar-refractivity contribution in [2.75, 3.05) is 17.7 Å². The second kappa shape index (κ2) is 5.31. The van der Waals surface area contributed by atoms with Crippen LogP contribution in [0.25, 0.3) is 0 Å². The van der Waals surface area contributed by atoms with Crippen LogP contribution in [0.4, 0.5) is 11.4 Å². The van der Waals surface area contributed by atoms with Gasteiger partial charge in [0.05, 0.1) is 24.0 Å². The first-order chi connectivity index (χ1) is 8.68. The Kier molecular flexibility index (Phi) is 3.57. The molecule has 1 amide bonds. The van der Waals surface area contributed by atoms with Crippen molar-refractivity contribution in [1.82, 2.24) is 4.98 Å². The van der Waals surface area contributed by atoms with Crippen LogP contribution in [0, 0.1) is 0 Å². The molecule has 1 aromatic heterocycles. The number of likely N-dealkylation sites (N-methyl/N-ethyl adjacent to an activating group) is 1. The van der Waals surface area contributed by atoms with Crippen molar-refractivity contribution in [1.29, 1.82) is 0 Å². The molecule has 1 heterocycles. The van der Waals surface area contributed by atoms with Crippen LogP contribution >= 0.6 is 0 Å². The zero-order valence-corrected chi connectivity index (χ0v) is 10.2. The van der Waals surface area contributed by atoms with E-state index in [4.69, 9.17) is 5.73 Å². The minimum Gasteiger partial charge on any atom is -0.396 e. The largest absolute Gasteiger partial charge is 0.396 e. The van der Waals surface area contributed by atoms with E-state index in [2.05, 4.69) is 4.98 Å². The van der Waals surface area contributed by atoms with E-state index in [-0.39, 0.29) is 5.91 Å². The van der Waals surface area contributed by atoms with Crippen LogP contribution in [-0.4, -0.2) is 17.9 Å². The summed E-state index contributed by atoms with van der Waals surface area (Å²) in [5.41, 5.74) is 7.97. The number of benzene rings is 1. The number of carbonyl (C=O) groups is 1. The molecular formula is C14H15N3O. The number of hydrogen-bond donors (Lipinski definition) is 1. The second-order valence-corrected chi connectivity index (χ2v) is 4.05. The van der Waals surface area contributed by atoms with E-state index in [9.17, 15) is 4.79 Å². The van der Waals surface area contributed by atoms with E-state index in [0.29, 0.717) is 17.8 Å². The molecule has 0 aliphatic carbocycles. The molecule has 0 aliphatic rings. The highest BCUT2D eigenvalue weighted by atomic mass is 16.2. The molecule has 0 bridgehead atoms. The quantitative estimate of drug-likeness (QED) is 0.892. The lowest BCUT2D eigenvalue weighted by Crippen LogP contribution is -2.28. The highest BCUT2D eigenvalue weighted by molar-refractivity contribution is 5.96.